The molecule has 0 unspecified atom stereocenters. The Labute approximate surface area is 125 Å². The van der Waals surface area contributed by atoms with Gasteiger partial charge in [-0.15, -0.1) is 0 Å². The lowest BCUT2D eigenvalue weighted by Gasteiger charge is -2.05. The van der Waals surface area contributed by atoms with Crippen molar-refractivity contribution in [1.82, 2.24) is 0 Å². The monoisotopic (exact) mass is 333 g/mol. The van der Waals surface area contributed by atoms with E-state index in [2.05, 4.69) is 0 Å². The first-order chi connectivity index (χ1) is 9.77. The van der Waals surface area contributed by atoms with Gasteiger partial charge in [-0.1, -0.05) is 12.8 Å². The molecule has 7 nitrogen and oxygen atoms in total. The number of nitro benzene ring substituents is 1. The van der Waals surface area contributed by atoms with E-state index in [1.807, 2.05) is 0 Å². The van der Waals surface area contributed by atoms with Crippen molar-refractivity contribution in [2.45, 2.75) is 24.2 Å². The summed E-state index contributed by atoms with van der Waals surface area (Å²) in [6.45, 7) is 0.204. The van der Waals surface area contributed by atoms with Gasteiger partial charge in [0.15, 0.2) is 0 Å². The van der Waals surface area contributed by atoms with Gasteiger partial charge in [0.2, 0.25) is 0 Å². The Hall–Kier alpha value is -1.67. The number of rotatable bonds is 6. The maximum atomic E-state index is 11.8. The average molecular weight is 334 g/mol. The van der Waals surface area contributed by atoms with Gasteiger partial charge in [0.25, 0.3) is 14.7 Å². The van der Waals surface area contributed by atoms with Gasteiger partial charge in [0.1, 0.15) is 0 Å². The molecular weight excluding hydrogens is 322 g/mol. The fourth-order valence-electron chi connectivity index (χ4n) is 1.76. The van der Waals surface area contributed by atoms with Crippen LogP contribution >= 0.6 is 10.7 Å². The predicted octanol–water partition coefficient (Wildman–Crippen LogP) is 2.48. The molecule has 0 atom stereocenters. The van der Waals surface area contributed by atoms with Crippen LogP contribution in [0.5, 0.6) is 0 Å². The van der Waals surface area contributed by atoms with Crippen molar-refractivity contribution in [3.05, 3.63) is 33.9 Å². The van der Waals surface area contributed by atoms with E-state index in [4.69, 9.17) is 15.4 Å². The Balaban J connectivity index is 2.21. The Morgan fingerprint density at radius 1 is 1.38 bits per heavy atom. The Kier molecular flexibility index (Phi) is 4.48. The van der Waals surface area contributed by atoms with E-state index in [0.717, 1.165) is 37.5 Å². The summed E-state index contributed by atoms with van der Waals surface area (Å²) in [7, 11) is 0.985. The summed E-state index contributed by atoms with van der Waals surface area (Å²) >= 11 is 0. The summed E-state index contributed by atoms with van der Waals surface area (Å²) in [5.74, 6) is -0.234. The van der Waals surface area contributed by atoms with Crippen LogP contribution in [0.3, 0.4) is 0 Å². The summed E-state index contributed by atoms with van der Waals surface area (Å²) in [6.07, 6.45) is 2.97. The van der Waals surface area contributed by atoms with Crippen molar-refractivity contribution in [2.75, 3.05) is 6.61 Å². The van der Waals surface area contributed by atoms with E-state index in [1.54, 1.807) is 0 Å². The van der Waals surface area contributed by atoms with Gasteiger partial charge in [-0.2, -0.15) is 0 Å². The molecule has 1 saturated carbocycles. The summed E-state index contributed by atoms with van der Waals surface area (Å²) in [6, 6.07) is 2.73. The molecule has 1 fully saturated rings. The number of esters is 1. The molecule has 1 aromatic carbocycles. The topological polar surface area (TPSA) is 104 Å². The largest absolute Gasteiger partial charge is 0.462 e. The summed E-state index contributed by atoms with van der Waals surface area (Å²) in [4.78, 5) is 21.3. The maximum Gasteiger partial charge on any atom is 0.338 e. The van der Waals surface area contributed by atoms with Gasteiger partial charge in [-0.25, -0.2) is 13.2 Å². The highest BCUT2D eigenvalue weighted by molar-refractivity contribution is 8.13. The number of benzene rings is 1. The molecule has 1 aromatic rings. The number of hydrogen-bond donors (Lipinski definition) is 0. The van der Waals surface area contributed by atoms with Gasteiger partial charge in [0, 0.05) is 22.8 Å². The highest BCUT2D eigenvalue weighted by atomic mass is 35.7. The Morgan fingerprint density at radius 3 is 2.57 bits per heavy atom. The second-order valence-corrected chi connectivity index (χ2v) is 7.34. The molecule has 0 spiro atoms. The smallest absolute Gasteiger partial charge is 0.338 e. The van der Waals surface area contributed by atoms with Gasteiger partial charge in [-0.3, -0.25) is 10.1 Å². The Morgan fingerprint density at radius 2 is 2.05 bits per heavy atom. The zero-order chi connectivity index (χ0) is 15.6. The number of nitrogens with zero attached hydrogens (tertiary/aromatic N) is 1. The lowest BCUT2D eigenvalue weighted by Crippen LogP contribution is -2.08. The minimum atomic E-state index is -4.18. The van der Waals surface area contributed by atoms with E-state index in [9.17, 15) is 23.3 Å². The Bertz CT molecular complexity index is 683. The summed E-state index contributed by atoms with van der Waals surface area (Å²) in [5, 5.41) is 10.8. The quantitative estimate of drug-likeness (QED) is 0.343. The van der Waals surface area contributed by atoms with Gasteiger partial charge >= 0.3 is 5.97 Å². The minimum Gasteiger partial charge on any atom is -0.462 e. The van der Waals surface area contributed by atoms with Crippen molar-refractivity contribution >= 4 is 31.4 Å². The van der Waals surface area contributed by atoms with E-state index in [0.29, 0.717) is 5.92 Å². The molecule has 0 heterocycles. The third-order valence-electron chi connectivity index (χ3n) is 3.08. The lowest BCUT2D eigenvalue weighted by molar-refractivity contribution is -0.385. The molecule has 0 saturated heterocycles. The molecule has 114 valence electrons. The molecule has 2 rings (SSSR count). The standard InChI is InChI=1S/C12H12ClNO6S/c13-21(18,19)11-6-9(5-10(7-11)14(16)17)12(15)20-4-3-8-1-2-8/h5-8H,1-4H2. The fraction of sp³-hybridized carbons (Fsp3) is 0.417. The molecule has 0 aromatic heterocycles. The number of non-ortho nitro benzene ring substituents is 1. The molecule has 0 amide bonds. The van der Waals surface area contributed by atoms with Gasteiger partial charge in [-0.05, 0) is 18.4 Å². The third kappa shape index (κ3) is 4.40. The lowest BCUT2D eigenvalue weighted by atomic mass is 10.2. The number of halogens is 1. The summed E-state index contributed by atoms with van der Waals surface area (Å²) in [5.41, 5.74) is -0.745. The van der Waals surface area contributed by atoms with E-state index in [-0.39, 0.29) is 12.2 Å². The maximum absolute atomic E-state index is 11.8. The number of carbonyl (C=O) groups is 1. The van der Waals surface area contributed by atoms with Crippen molar-refractivity contribution < 1.29 is 22.9 Å². The number of ether oxygens (including phenoxy) is 1. The molecule has 9 heteroatoms. The molecule has 1 aliphatic rings. The zero-order valence-corrected chi connectivity index (χ0v) is 12.4. The highest BCUT2D eigenvalue weighted by Gasteiger charge is 2.23. The second-order valence-electron chi connectivity index (χ2n) is 4.78. The van der Waals surface area contributed by atoms with Crippen LogP contribution in [0.1, 0.15) is 29.6 Å². The molecule has 1 aliphatic carbocycles. The first-order valence-electron chi connectivity index (χ1n) is 6.18. The van der Waals surface area contributed by atoms with Crippen molar-refractivity contribution in [3.63, 3.8) is 0 Å². The summed E-state index contributed by atoms with van der Waals surface area (Å²) < 4.78 is 27.6. The molecule has 0 N–H and O–H groups in total. The van der Waals surface area contributed by atoms with Crippen LogP contribution in [0.2, 0.25) is 0 Å². The van der Waals surface area contributed by atoms with Crippen LogP contribution in [0.4, 0.5) is 5.69 Å². The second kappa shape index (κ2) is 5.98. The average Bonchev–Trinajstić information content (AvgIpc) is 3.21. The number of nitro groups is 1. The van der Waals surface area contributed by atoms with Crippen LogP contribution in [0.15, 0.2) is 23.1 Å². The van der Waals surface area contributed by atoms with Crippen LogP contribution in [-0.4, -0.2) is 25.9 Å². The molecule has 0 radical (unpaired) electrons. The third-order valence-corrected chi connectivity index (χ3v) is 4.41. The van der Waals surface area contributed by atoms with Crippen LogP contribution < -0.4 is 0 Å². The van der Waals surface area contributed by atoms with E-state index >= 15 is 0 Å². The number of hydrogen-bond acceptors (Lipinski definition) is 6. The minimum absolute atomic E-state index is 0.204. The van der Waals surface area contributed by atoms with Crippen LogP contribution in [-0.2, 0) is 13.8 Å². The van der Waals surface area contributed by atoms with Crippen LogP contribution in [0.25, 0.3) is 0 Å². The van der Waals surface area contributed by atoms with Crippen LogP contribution in [0, 0.1) is 16.0 Å². The van der Waals surface area contributed by atoms with E-state index < -0.39 is 30.5 Å². The normalized spacial score (nSPS) is 14.7. The van der Waals surface area contributed by atoms with Crippen molar-refractivity contribution in [1.29, 1.82) is 0 Å². The zero-order valence-electron chi connectivity index (χ0n) is 10.8. The first kappa shape index (κ1) is 15.7. The highest BCUT2D eigenvalue weighted by Crippen LogP contribution is 2.32. The molecular formula is C12H12ClNO6S. The molecule has 21 heavy (non-hydrogen) atoms. The van der Waals surface area contributed by atoms with Crippen molar-refractivity contribution in [2.24, 2.45) is 5.92 Å². The first-order valence-corrected chi connectivity index (χ1v) is 8.49. The van der Waals surface area contributed by atoms with Gasteiger partial charge < -0.3 is 4.74 Å². The number of carbonyl (C=O) groups excluding carboxylic acids is 1. The SMILES string of the molecule is O=C(OCCC1CC1)c1cc([N+](=O)[O-])cc(S(=O)(=O)Cl)c1. The fourth-order valence-corrected chi connectivity index (χ4v) is 2.55. The van der Waals surface area contributed by atoms with Crippen molar-refractivity contribution in [3.8, 4) is 0 Å². The van der Waals surface area contributed by atoms with E-state index in [1.165, 1.54) is 0 Å². The molecule has 0 bridgehead atoms. The molecule has 0 aliphatic heterocycles. The predicted molar refractivity (Wildman–Crippen MR) is 73.8 cm³/mol. The van der Waals surface area contributed by atoms with Gasteiger partial charge in [0.05, 0.1) is 22.0 Å².